The van der Waals surface area contributed by atoms with Crippen molar-refractivity contribution < 1.29 is 9.21 Å². The van der Waals surface area contributed by atoms with Crippen molar-refractivity contribution in [1.82, 2.24) is 4.90 Å². The van der Waals surface area contributed by atoms with E-state index < -0.39 is 0 Å². The number of carbonyl (C=O) groups excluding carboxylic acids is 1. The molecule has 0 aliphatic rings. The van der Waals surface area contributed by atoms with Crippen LogP contribution < -0.4 is 0 Å². The van der Waals surface area contributed by atoms with Crippen LogP contribution >= 0.6 is 11.8 Å². The number of aryl methyl sites for hydroxylation is 1. The molecule has 2 aromatic carbocycles. The molecule has 3 rings (SSSR count). The molecule has 0 bridgehead atoms. The third-order valence-electron chi connectivity index (χ3n) is 4.11. The van der Waals surface area contributed by atoms with E-state index in [2.05, 4.69) is 31.2 Å². The lowest BCUT2D eigenvalue weighted by Crippen LogP contribution is -2.31. The van der Waals surface area contributed by atoms with Crippen molar-refractivity contribution in [2.75, 3.05) is 5.75 Å². The Morgan fingerprint density at radius 2 is 1.69 bits per heavy atom. The van der Waals surface area contributed by atoms with E-state index in [1.165, 1.54) is 11.1 Å². The van der Waals surface area contributed by atoms with Gasteiger partial charge in [0.05, 0.1) is 18.6 Å². The second kappa shape index (κ2) is 9.30. The van der Waals surface area contributed by atoms with Crippen LogP contribution in [0.15, 0.2) is 77.4 Å². The molecule has 0 N–H and O–H groups in total. The molecule has 1 heterocycles. The molecule has 1 amide bonds. The van der Waals surface area contributed by atoms with Gasteiger partial charge in [-0.05, 0) is 30.2 Å². The van der Waals surface area contributed by atoms with Crippen molar-refractivity contribution in [2.24, 2.45) is 0 Å². The summed E-state index contributed by atoms with van der Waals surface area (Å²) in [5.41, 5.74) is 3.62. The van der Waals surface area contributed by atoms with Crippen molar-refractivity contribution in [2.45, 2.75) is 25.8 Å². The largest absolute Gasteiger partial charge is 0.467 e. The van der Waals surface area contributed by atoms with Crippen LogP contribution in [0.1, 0.15) is 22.5 Å². The molecule has 0 spiro atoms. The monoisotopic (exact) mass is 365 g/mol. The van der Waals surface area contributed by atoms with E-state index in [-0.39, 0.29) is 5.91 Å². The Hall–Kier alpha value is -2.46. The fraction of sp³-hybridized carbons (Fsp3) is 0.227. The second-order valence-corrected chi connectivity index (χ2v) is 7.28. The number of hydrogen-bond acceptors (Lipinski definition) is 3. The molecule has 4 heteroatoms. The summed E-state index contributed by atoms with van der Waals surface area (Å²) < 4.78 is 5.44. The minimum atomic E-state index is 0.127. The van der Waals surface area contributed by atoms with Crippen LogP contribution in [-0.4, -0.2) is 16.6 Å². The quantitative estimate of drug-likeness (QED) is 0.560. The lowest BCUT2D eigenvalue weighted by molar-refractivity contribution is -0.129. The number of carbonyl (C=O) groups is 1. The molecular weight excluding hydrogens is 342 g/mol. The molecule has 0 aliphatic carbocycles. The van der Waals surface area contributed by atoms with E-state index in [0.717, 1.165) is 17.1 Å². The summed E-state index contributed by atoms with van der Waals surface area (Å²) >= 11 is 1.65. The molecule has 0 fully saturated rings. The number of nitrogens with zero attached hydrogens (tertiary/aromatic N) is 1. The Bertz CT molecular complexity index is 798. The molecule has 0 saturated carbocycles. The maximum absolute atomic E-state index is 12.8. The molecule has 26 heavy (non-hydrogen) atoms. The van der Waals surface area contributed by atoms with E-state index in [1.807, 2.05) is 47.4 Å². The van der Waals surface area contributed by atoms with Gasteiger partial charge in [0.15, 0.2) is 0 Å². The number of furan rings is 1. The molecule has 0 atom stereocenters. The Balaban J connectivity index is 1.59. The van der Waals surface area contributed by atoms with Gasteiger partial charge in [0.2, 0.25) is 5.91 Å². The topological polar surface area (TPSA) is 33.5 Å². The van der Waals surface area contributed by atoms with Gasteiger partial charge in [0, 0.05) is 12.3 Å². The maximum Gasteiger partial charge on any atom is 0.233 e. The summed E-state index contributed by atoms with van der Waals surface area (Å²) in [6.45, 7) is 3.16. The predicted octanol–water partition coefficient (Wildman–Crippen LogP) is 5.05. The first-order valence-corrected chi connectivity index (χ1v) is 9.83. The van der Waals surface area contributed by atoms with Gasteiger partial charge in [0.25, 0.3) is 0 Å². The van der Waals surface area contributed by atoms with Crippen LogP contribution in [0, 0.1) is 6.92 Å². The van der Waals surface area contributed by atoms with Gasteiger partial charge in [-0.1, -0.05) is 60.2 Å². The zero-order valence-electron chi connectivity index (χ0n) is 14.9. The molecule has 3 aromatic rings. The Labute approximate surface area is 159 Å². The Morgan fingerprint density at radius 3 is 2.38 bits per heavy atom. The third-order valence-corrected chi connectivity index (χ3v) is 5.10. The average molecular weight is 365 g/mol. The van der Waals surface area contributed by atoms with Gasteiger partial charge in [-0.15, -0.1) is 11.8 Å². The van der Waals surface area contributed by atoms with Crippen molar-refractivity contribution >= 4 is 17.7 Å². The average Bonchev–Trinajstić information content (AvgIpc) is 3.17. The fourth-order valence-electron chi connectivity index (χ4n) is 2.66. The van der Waals surface area contributed by atoms with Gasteiger partial charge in [-0.2, -0.15) is 0 Å². The van der Waals surface area contributed by atoms with Crippen molar-refractivity contribution in [3.63, 3.8) is 0 Å². The first-order chi connectivity index (χ1) is 12.7. The standard InChI is InChI=1S/C22H23NO2S/c1-18-9-11-20(12-10-18)16-26-17-22(24)23(15-21-8-5-13-25-21)14-19-6-3-2-4-7-19/h2-13H,14-17H2,1H3. The molecule has 0 saturated heterocycles. The molecule has 0 radical (unpaired) electrons. The van der Waals surface area contributed by atoms with Crippen LogP contribution in [0.2, 0.25) is 0 Å². The number of benzene rings is 2. The predicted molar refractivity (Wildman–Crippen MR) is 107 cm³/mol. The lowest BCUT2D eigenvalue weighted by Gasteiger charge is -2.22. The van der Waals surface area contributed by atoms with Crippen LogP contribution in [0.25, 0.3) is 0 Å². The molecule has 0 unspecified atom stereocenters. The van der Waals surface area contributed by atoms with Gasteiger partial charge in [0.1, 0.15) is 5.76 Å². The number of amides is 1. The zero-order chi connectivity index (χ0) is 18.2. The number of rotatable bonds is 8. The smallest absolute Gasteiger partial charge is 0.233 e. The lowest BCUT2D eigenvalue weighted by atomic mass is 10.2. The fourth-order valence-corrected chi connectivity index (χ4v) is 3.55. The van der Waals surface area contributed by atoms with Gasteiger partial charge < -0.3 is 9.32 Å². The zero-order valence-corrected chi connectivity index (χ0v) is 15.7. The highest BCUT2D eigenvalue weighted by atomic mass is 32.2. The van der Waals surface area contributed by atoms with Crippen molar-refractivity contribution in [1.29, 1.82) is 0 Å². The molecule has 1 aromatic heterocycles. The Kier molecular flexibility index (Phi) is 6.56. The van der Waals surface area contributed by atoms with E-state index >= 15 is 0 Å². The van der Waals surface area contributed by atoms with Crippen LogP contribution in [-0.2, 0) is 23.6 Å². The summed E-state index contributed by atoms with van der Waals surface area (Å²) in [5.74, 6) is 2.23. The van der Waals surface area contributed by atoms with E-state index in [9.17, 15) is 4.79 Å². The summed E-state index contributed by atoms with van der Waals surface area (Å²) in [6, 6.07) is 22.3. The van der Waals surface area contributed by atoms with Gasteiger partial charge in [-0.25, -0.2) is 0 Å². The molecule has 3 nitrogen and oxygen atoms in total. The van der Waals surface area contributed by atoms with Crippen molar-refractivity contribution in [3.8, 4) is 0 Å². The first kappa shape index (κ1) is 18.3. The molecule has 134 valence electrons. The maximum atomic E-state index is 12.8. The highest BCUT2D eigenvalue weighted by Crippen LogP contribution is 2.16. The third kappa shape index (κ3) is 5.53. The first-order valence-electron chi connectivity index (χ1n) is 8.68. The molecule has 0 aliphatic heterocycles. The van der Waals surface area contributed by atoms with E-state index in [1.54, 1.807) is 18.0 Å². The minimum absolute atomic E-state index is 0.127. The normalized spacial score (nSPS) is 10.7. The number of thioether (sulfide) groups is 1. The van der Waals surface area contributed by atoms with Crippen LogP contribution in [0.4, 0.5) is 0 Å². The van der Waals surface area contributed by atoms with Crippen LogP contribution in [0.5, 0.6) is 0 Å². The van der Waals surface area contributed by atoms with Crippen molar-refractivity contribution in [3.05, 3.63) is 95.4 Å². The van der Waals surface area contributed by atoms with E-state index in [0.29, 0.717) is 18.8 Å². The van der Waals surface area contributed by atoms with Gasteiger partial charge in [-0.3, -0.25) is 4.79 Å². The summed E-state index contributed by atoms with van der Waals surface area (Å²) in [4.78, 5) is 14.6. The summed E-state index contributed by atoms with van der Waals surface area (Å²) in [6.07, 6.45) is 1.65. The highest BCUT2D eigenvalue weighted by Gasteiger charge is 2.16. The minimum Gasteiger partial charge on any atom is -0.467 e. The summed E-state index contributed by atoms with van der Waals surface area (Å²) in [5, 5.41) is 0. The Morgan fingerprint density at radius 1 is 0.923 bits per heavy atom. The highest BCUT2D eigenvalue weighted by molar-refractivity contribution is 7.99. The van der Waals surface area contributed by atoms with Gasteiger partial charge >= 0.3 is 0 Å². The summed E-state index contributed by atoms with van der Waals surface area (Å²) in [7, 11) is 0. The number of hydrogen-bond donors (Lipinski definition) is 0. The SMILES string of the molecule is Cc1ccc(CSCC(=O)N(Cc2ccccc2)Cc2ccco2)cc1. The second-order valence-electron chi connectivity index (χ2n) is 6.29. The van der Waals surface area contributed by atoms with Crippen LogP contribution in [0.3, 0.4) is 0 Å². The van der Waals surface area contributed by atoms with E-state index in [4.69, 9.17) is 4.42 Å². The molecular formula is C22H23NO2S.